The van der Waals surface area contributed by atoms with E-state index in [0.717, 1.165) is 24.3 Å². The van der Waals surface area contributed by atoms with Crippen LogP contribution >= 0.6 is 0 Å². The van der Waals surface area contributed by atoms with Crippen LogP contribution in [0.2, 0.25) is 0 Å². The summed E-state index contributed by atoms with van der Waals surface area (Å²) in [7, 11) is 0. The molecule has 3 heteroatoms. The standard InChI is InChI=1S/C18H18N2O/c19-11-16(14-6-2-1-3-7-14)12-20-13-17-10-15-8-4-5-9-18(15)21-17/h1-9,16-17,20H,10,12-13H2. The SMILES string of the molecule is N#CC(CNCC1Cc2ccccc2O1)c1ccccc1. The van der Waals surface area contributed by atoms with E-state index in [0.29, 0.717) is 6.54 Å². The molecule has 1 heterocycles. The number of nitrogens with zero attached hydrogens (tertiary/aromatic N) is 1. The Hall–Kier alpha value is -2.31. The fourth-order valence-electron chi connectivity index (χ4n) is 2.68. The van der Waals surface area contributed by atoms with Crippen molar-refractivity contribution < 1.29 is 4.74 Å². The quantitative estimate of drug-likeness (QED) is 0.914. The third-order valence-electron chi connectivity index (χ3n) is 3.79. The molecule has 21 heavy (non-hydrogen) atoms. The molecule has 1 aliphatic heterocycles. The molecule has 3 rings (SSSR count). The van der Waals surface area contributed by atoms with Gasteiger partial charge in [0.2, 0.25) is 0 Å². The molecule has 0 saturated carbocycles. The van der Waals surface area contributed by atoms with E-state index in [1.165, 1.54) is 5.56 Å². The van der Waals surface area contributed by atoms with Crippen molar-refractivity contribution in [2.75, 3.05) is 13.1 Å². The molecule has 0 bridgehead atoms. The first kappa shape index (κ1) is 13.7. The number of ether oxygens (including phenoxy) is 1. The zero-order chi connectivity index (χ0) is 14.5. The second-order valence-corrected chi connectivity index (χ2v) is 5.30. The van der Waals surface area contributed by atoms with Crippen molar-refractivity contribution in [1.29, 1.82) is 5.26 Å². The lowest BCUT2D eigenvalue weighted by Crippen LogP contribution is -2.32. The molecule has 1 aliphatic rings. The van der Waals surface area contributed by atoms with E-state index in [4.69, 9.17) is 4.74 Å². The minimum atomic E-state index is -0.116. The fraction of sp³-hybridized carbons (Fsp3) is 0.278. The summed E-state index contributed by atoms with van der Waals surface area (Å²) in [5, 5.41) is 12.7. The smallest absolute Gasteiger partial charge is 0.123 e. The lowest BCUT2D eigenvalue weighted by atomic mass is 10.0. The van der Waals surface area contributed by atoms with Crippen LogP contribution in [0.25, 0.3) is 0 Å². The van der Waals surface area contributed by atoms with Gasteiger partial charge in [0.15, 0.2) is 0 Å². The molecule has 0 amide bonds. The molecule has 2 aromatic rings. The molecule has 0 saturated heterocycles. The van der Waals surface area contributed by atoms with E-state index in [1.54, 1.807) is 0 Å². The van der Waals surface area contributed by atoms with Crippen LogP contribution in [0.1, 0.15) is 17.0 Å². The Kier molecular flexibility index (Phi) is 4.18. The minimum absolute atomic E-state index is 0.116. The molecule has 0 radical (unpaired) electrons. The highest BCUT2D eigenvalue weighted by Gasteiger charge is 2.22. The summed E-state index contributed by atoms with van der Waals surface area (Å²) in [6.07, 6.45) is 1.10. The number of rotatable bonds is 5. The molecule has 2 unspecified atom stereocenters. The topological polar surface area (TPSA) is 45.0 Å². The van der Waals surface area contributed by atoms with Gasteiger partial charge in [0.1, 0.15) is 11.9 Å². The zero-order valence-corrected chi connectivity index (χ0v) is 11.8. The van der Waals surface area contributed by atoms with Crippen molar-refractivity contribution in [3.05, 3.63) is 65.7 Å². The average molecular weight is 278 g/mol. The number of fused-ring (bicyclic) bond motifs is 1. The highest BCUT2D eigenvalue weighted by Crippen LogP contribution is 2.27. The van der Waals surface area contributed by atoms with Gasteiger partial charge in [-0.25, -0.2) is 0 Å². The average Bonchev–Trinajstić information content (AvgIpc) is 2.95. The van der Waals surface area contributed by atoms with E-state index in [-0.39, 0.29) is 12.0 Å². The van der Waals surface area contributed by atoms with Crippen LogP contribution in [0.15, 0.2) is 54.6 Å². The number of hydrogen-bond donors (Lipinski definition) is 1. The Balaban J connectivity index is 1.50. The number of nitrogens with one attached hydrogen (secondary N) is 1. The van der Waals surface area contributed by atoms with Gasteiger partial charge >= 0.3 is 0 Å². The van der Waals surface area contributed by atoms with Crippen LogP contribution < -0.4 is 10.1 Å². The van der Waals surface area contributed by atoms with Crippen LogP contribution in [0.4, 0.5) is 0 Å². The molecule has 2 aromatic carbocycles. The zero-order valence-electron chi connectivity index (χ0n) is 11.8. The summed E-state index contributed by atoms with van der Waals surface area (Å²) >= 11 is 0. The van der Waals surface area contributed by atoms with E-state index in [9.17, 15) is 5.26 Å². The summed E-state index contributed by atoms with van der Waals surface area (Å²) in [6.45, 7) is 1.41. The van der Waals surface area contributed by atoms with E-state index in [2.05, 4.69) is 17.5 Å². The number of nitriles is 1. The van der Waals surface area contributed by atoms with Gasteiger partial charge in [-0.15, -0.1) is 0 Å². The van der Waals surface area contributed by atoms with Crippen LogP contribution in [0, 0.1) is 11.3 Å². The Morgan fingerprint density at radius 3 is 2.67 bits per heavy atom. The first-order chi connectivity index (χ1) is 10.4. The lowest BCUT2D eigenvalue weighted by Gasteiger charge is -2.14. The number of para-hydroxylation sites is 1. The number of hydrogen-bond acceptors (Lipinski definition) is 3. The van der Waals surface area contributed by atoms with E-state index < -0.39 is 0 Å². The summed E-state index contributed by atoms with van der Waals surface area (Å²) in [6, 6.07) is 20.4. The van der Waals surface area contributed by atoms with Crippen molar-refractivity contribution in [3.63, 3.8) is 0 Å². The highest BCUT2D eigenvalue weighted by molar-refractivity contribution is 5.37. The first-order valence-electron chi connectivity index (χ1n) is 7.26. The maximum absolute atomic E-state index is 9.29. The van der Waals surface area contributed by atoms with Gasteiger partial charge in [-0.1, -0.05) is 48.5 Å². The molecule has 1 N–H and O–H groups in total. The summed E-state index contributed by atoms with van der Waals surface area (Å²) in [5.41, 5.74) is 2.33. The normalized spacial score (nSPS) is 17.6. The molecule has 0 aliphatic carbocycles. The van der Waals surface area contributed by atoms with Gasteiger partial charge in [0, 0.05) is 19.5 Å². The second-order valence-electron chi connectivity index (χ2n) is 5.30. The Bertz CT molecular complexity index is 608. The molecular formula is C18H18N2O. The third-order valence-corrected chi connectivity index (χ3v) is 3.79. The molecule has 0 aromatic heterocycles. The summed E-state index contributed by atoms with van der Waals surface area (Å²) < 4.78 is 5.88. The lowest BCUT2D eigenvalue weighted by molar-refractivity contribution is 0.227. The molecule has 0 spiro atoms. The predicted octanol–water partition coefficient (Wildman–Crippen LogP) is 2.89. The van der Waals surface area contributed by atoms with Gasteiger partial charge in [0.25, 0.3) is 0 Å². The molecule has 0 fully saturated rings. The van der Waals surface area contributed by atoms with Crippen molar-refractivity contribution in [2.24, 2.45) is 0 Å². The maximum Gasteiger partial charge on any atom is 0.123 e. The fourth-order valence-corrected chi connectivity index (χ4v) is 2.68. The van der Waals surface area contributed by atoms with Crippen LogP contribution in [-0.2, 0) is 6.42 Å². The third kappa shape index (κ3) is 3.24. The van der Waals surface area contributed by atoms with Gasteiger partial charge in [0.05, 0.1) is 12.0 Å². The van der Waals surface area contributed by atoms with Crippen LogP contribution in [-0.4, -0.2) is 19.2 Å². The van der Waals surface area contributed by atoms with Crippen LogP contribution in [0.3, 0.4) is 0 Å². The first-order valence-corrected chi connectivity index (χ1v) is 7.26. The Labute approximate surface area is 125 Å². The Morgan fingerprint density at radius 2 is 1.90 bits per heavy atom. The maximum atomic E-state index is 9.29. The monoisotopic (exact) mass is 278 g/mol. The van der Waals surface area contributed by atoms with E-state index >= 15 is 0 Å². The van der Waals surface area contributed by atoms with Crippen molar-refractivity contribution >= 4 is 0 Å². The van der Waals surface area contributed by atoms with Crippen molar-refractivity contribution in [1.82, 2.24) is 5.32 Å². The van der Waals surface area contributed by atoms with Crippen molar-refractivity contribution in [2.45, 2.75) is 18.4 Å². The van der Waals surface area contributed by atoms with Crippen LogP contribution in [0.5, 0.6) is 5.75 Å². The molecule has 106 valence electrons. The van der Waals surface area contributed by atoms with Gasteiger partial charge in [-0.05, 0) is 17.2 Å². The van der Waals surface area contributed by atoms with Crippen molar-refractivity contribution in [3.8, 4) is 11.8 Å². The molecule has 3 nitrogen and oxygen atoms in total. The Morgan fingerprint density at radius 1 is 1.14 bits per heavy atom. The highest BCUT2D eigenvalue weighted by atomic mass is 16.5. The van der Waals surface area contributed by atoms with Gasteiger partial charge in [-0.2, -0.15) is 5.26 Å². The predicted molar refractivity (Wildman–Crippen MR) is 82.2 cm³/mol. The van der Waals surface area contributed by atoms with E-state index in [1.807, 2.05) is 48.5 Å². The minimum Gasteiger partial charge on any atom is -0.488 e. The molecule has 2 atom stereocenters. The summed E-state index contributed by atoms with van der Waals surface area (Å²) in [5.74, 6) is 0.874. The molecular weight excluding hydrogens is 260 g/mol. The van der Waals surface area contributed by atoms with Gasteiger partial charge < -0.3 is 10.1 Å². The van der Waals surface area contributed by atoms with Gasteiger partial charge in [-0.3, -0.25) is 0 Å². The second kappa shape index (κ2) is 6.43. The number of benzene rings is 2. The largest absolute Gasteiger partial charge is 0.488 e. The summed E-state index contributed by atoms with van der Waals surface area (Å²) in [4.78, 5) is 0.